The molecule has 0 bridgehead atoms. The first-order valence-electron chi connectivity index (χ1n) is 6.18. The van der Waals surface area contributed by atoms with Gasteiger partial charge >= 0.3 is 0 Å². The summed E-state index contributed by atoms with van der Waals surface area (Å²) in [6.45, 7) is 0.992. The van der Waals surface area contributed by atoms with E-state index in [4.69, 9.17) is 0 Å². The molecular formula is C14H13N3S. The largest absolute Gasteiger partial charge is 0.356 e. The highest BCUT2D eigenvalue weighted by Crippen LogP contribution is 2.35. The van der Waals surface area contributed by atoms with Crippen LogP contribution in [0.2, 0.25) is 0 Å². The zero-order chi connectivity index (χ0) is 11.9. The van der Waals surface area contributed by atoms with Crippen LogP contribution in [0.15, 0.2) is 41.8 Å². The highest BCUT2D eigenvalue weighted by molar-refractivity contribution is 7.10. The number of aromatic nitrogens is 2. The summed E-state index contributed by atoms with van der Waals surface area (Å²) < 4.78 is 2.34. The molecule has 0 aliphatic carbocycles. The van der Waals surface area contributed by atoms with Gasteiger partial charge in [-0.1, -0.05) is 18.2 Å². The van der Waals surface area contributed by atoms with E-state index in [1.54, 1.807) is 0 Å². The molecule has 1 aliphatic heterocycles. The number of hydrogen-bond acceptors (Lipinski definition) is 3. The van der Waals surface area contributed by atoms with Crippen molar-refractivity contribution in [3.8, 4) is 0 Å². The fraction of sp³-hybridized carbons (Fsp3) is 0.214. The molecule has 0 spiro atoms. The minimum atomic E-state index is 0.425. The Morgan fingerprint density at radius 2 is 2.17 bits per heavy atom. The molecule has 1 N–H and O–H groups in total. The molecule has 90 valence electrons. The van der Waals surface area contributed by atoms with Gasteiger partial charge in [-0.2, -0.15) is 0 Å². The maximum atomic E-state index is 4.67. The third kappa shape index (κ3) is 1.39. The number of nitrogens with one attached hydrogen (secondary N) is 1. The monoisotopic (exact) mass is 255 g/mol. The van der Waals surface area contributed by atoms with Gasteiger partial charge in [-0.15, -0.1) is 11.3 Å². The molecule has 3 nitrogen and oxygen atoms in total. The van der Waals surface area contributed by atoms with E-state index in [0.29, 0.717) is 6.04 Å². The third-order valence-electron chi connectivity index (χ3n) is 3.48. The molecule has 0 radical (unpaired) electrons. The van der Waals surface area contributed by atoms with Crippen LogP contribution >= 0.6 is 11.3 Å². The normalized spacial score (nSPS) is 18.6. The van der Waals surface area contributed by atoms with Crippen LogP contribution in [0.3, 0.4) is 0 Å². The second-order valence-corrected chi connectivity index (χ2v) is 5.52. The van der Waals surface area contributed by atoms with Crippen molar-refractivity contribution in [1.29, 1.82) is 0 Å². The summed E-state index contributed by atoms with van der Waals surface area (Å²) >= 11 is 1.83. The van der Waals surface area contributed by atoms with E-state index in [1.165, 1.54) is 10.4 Å². The van der Waals surface area contributed by atoms with Crippen molar-refractivity contribution in [3.05, 3.63) is 46.7 Å². The molecule has 0 amide bonds. The van der Waals surface area contributed by atoms with Crippen molar-refractivity contribution in [2.24, 2.45) is 0 Å². The fourth-order valence-corrected chi connectivity index (χ4v) is 3.54. The number of anilines is 1. The molecule has 3 aromatic rings. The molecular weight excluding hydrogens is 242 g/mol. The molecule has 4 heteroatoms. The summed E-state index contributed by atoms with van der Waals surface area (Å²) in [6, 6.07) is 13.1. The molecule has 1 aromatic carbocycles. The van der Waals surface area contributed by atoms with Gasteiger partial charge in [0.05, 0.1) is 17.1 Å². The van der Waals surface area contributed by atoms with Crippen LogP contribution in [0.5, 0.6) is 0 Å². The van der Waals surface area contributed by atoms with Gasteiger partial charge in [0.2, 0.25) is 5.95 Å². The van der Waals surface area contributed by atoms with E-state index in [0.717, 1.165) is 24.4 Å². The molecule has 1 aliphatic rings. The number of fused-ring (bicyclic) bond motifs is 3. The van der Waals surface area contributed by atoms with E-state index in [1.807, 2.05) is 17.4 Å². The number of hydrogen-bond donors (Lipinski definition) is 1. The smallest absolute Gasteiger partial charge is 0.204 e. The third-order valence-corrected chi connectivity index (χ3v) is 4.45. The first-order valence-corrected chi connectivity index (χ1v) is 7.06. The second kappa shape index (κ2) is 3.85. The Kier molecular flexibility index (Phi) is 2.17. The minimum Gasteiger partial charge on any atom is -0.356 e. The highest BCUT2D eigenvalue weighted by Gasteiger charge is 2.24. The van der Waals surface area contributed by atoms with E-state index in [-0.39, 0.29) is 0 Å². The van der Waals surface area contributed by atoms with Crippen molar-refractivity contribution in [2.75, 3.05) is 11.9 Å². The topological polar surface area (TPSA) is 29.9 Å². The lowest BCUT2D eigenvalue weighted by Gasteiger charge is -2.26. The molecule has 3 heterocycles. The van der Waals surface area contributed by atoms with Gasteiger partial charge in [-0.05, 0) is 30.0 Å². The Labute approximate surface area is 109 Å². The Hall–Kier alpha value is -1.81. The molecule has 1 unspecified atom stereocenters. The number of imidazole rings is 1. The summed E-state index contributed by atoms with van der Waals surface area (Å²) in [6.07, 6.45) is 1.12. The van der Waals surface area contributed by atoms with Crippen molar-refractivity contribution < 1.29 is 0 Å². The molecule has 4 rings (SSSR count). The lowest BCUT2D eigenvalue weighted by molar-refractivity contribution is 0.551. The van der Waals surface area contributed by atoms with Gasteiger partial charge < -0.3 is 9.88 Å². The van der Waals surface area contributed by atoms with E-state index in [2.05, 4.69) is 50.6 Å². The van der Waals surface area contributed by atoms with Crippen LogP contribution in [-0.2, 0) is 0 Å². The number of thiophene rings is 1. The van der Waals surface area contributed by atoms with Crippen molar-refractivity contribution >= 4 is 28.3 Å². The lowest BCUT2D eigenvalue weighted by Crippen LogP contribution is -2.23. The molecule has 18 heavy (non-hydrogen) atoms. The van der Waals surface area contributed by atoms with Crippen LogP contribution < -0.4 is 5.32 Å². The second-order valence-electron chi connectivity index (χ2n) is 4.54. The number of nitrogens with zero attached hydrogens (tertiary/aromatic N) is 2. The van der Waals surface area contributed by atoms with Crippen LogP contribution in [0.1, 0.15) is 17.3 Å². The maximum absolute atomic E-state index is 4.67. The summed E-state index contributed by atoms with van der Waals surface area (Å²) in [7, 11) is 0. The van der Waals surface area contributed by atoms with Gasteiger partial charge in [-0.3, -0.25) is 0 Å². The average Bonchev–Trinajstić information content (AvgIpc) is 3.05. The van der Waals surface area contributed by atoms with Gasteiger partial charge in [0.25, 0.3) is 0 Å². The predicted molar refractivity (Wildman–Crippen MR) is 75.3 cm³/mol. The molecule has 0 saturated carbocycles. The Morgan fingerprint density at radius 3 is 3.06 bits per heavy atom. The minimum absolute atomic E-state index is 0.425. The van der Waals surface area contributed by atoms with Crippen molar-refractivity contribution in [1.82, 2.24) is 9.55 Å². The van der Waals surface area contributed by atoms with E-state index >= 15 is 0 Å². The quantitative estimate of drug-likeness (QED) is 0.721. The van der Waals surface area contributed by atoms with Gasteiger partial charge in [0.1, 0.15) is 0 Å². The molecule has 2 aromatic heterocycles. The molecule has 1 atom stereocenters. The van der Waals surface area contributed by atoms with Crippen LogP contribution in [-0.4, -0.2) is 16.1 Å². The fourth-order valence-electron chi connectivity index (χ4n) is 2.68. The van der Waals surface area contributed by atoms with Crippen molar-refractivity contribution in [2.45, 2.75) is 12.5 Å². The van der Waals surface area contributed by atoms with Crippen LogP contribution in [0.25, 0.3) is 11.0 Å². The van der Waals surface area contributed by atoms with Gasteiger partial charge in [0, 0.05) is 11.4 Å². The van der Waals surface area contributed by atoms with E-state index in [9.17, 15) is 0 Å². The molecule has 0 fully saturated rings. The highest BCUT2D eigenvalue weighted by atomic mass is 32.1. The van der Waals surface area contributed by atoms with Gasteiger partial charge in [0.15, 0.2) is 0 Å². The molecule has 0 saturated heterocycles. The summed E-state index contributed by atoms with van der Waals surface area (Å²) in [5.41, 5.74) is 2.29. The SMILES string of the molecule is c1csc(C2CCNc3nc4ccccc4n32)c1. The zero-order valence-electron chi connectivity index (χ0n) is 9.84. The average molecular weight is 255 g/mol. The summed E-state index contributed by atoms with van der Waals surface area (Å²) in [5.74, 6) is 1.00. The number of rotatable bonds is 1. The summed E-state index contributed by atoms with van der Waals surface area (Å²) in [4.78, 5) is 6.09. The number of benzene rings is 1. The first kappa shape index (κ1) is 10.1. The maximum Gasteiger partial charge on any atom is 0.204 e. The Morgan fingerprint density at radius 1 is 1.22 bits per heavy atom. The van der Waals surface area contributed by atoms with Crippen molar-refractivity contribution in [3.63, 3.8) is 0 Å². The Bertz CT molecular complexity index is 684. The number of para-hydroxylation sites is 2. The van der Waals surface area contributed by atoms with Crippen LogP contribution in [0, 0.1) is 0 Å². The van der Waals surface area contributed by atoms with Gasteiger partial charge in [-0.25, -0.2) is 4.98 Å². The first-order chi connectivity index (χ1) is 8.93. The van der Waals surface area contributed by atoms with E-state index < -0.39 is 0 Å². The standard InChI is InChI=1S/C14H13N3S/c1-2-5-11-10(4-1)16-14-15-8-7-12(17(11)14)13-6-3-9-18-13/h1-6,9,12H,7-8H2,(H,15,16). The van der Waals surface area contributed by atoms with Crippen LogP contribution in [0.4, 0.5) is 5.95 Å². The lowest BCUT2D eigenvalue weighted by atomic mass is 10.1. The Balaban J connectivity index is 1.97. The predicted octanol–water partition coefficient (Wildman–Crippen LogP) is 3.50. The summed E-state index contributed by atoms with van der Waals surface area (Å²) in [5, 5.41) is 5.55. The zero-order valence-corrected chi connectivity index (χ0v) is 10.7.